The number of nitrogens with one attached hydrogen (secondary N) is 2. The number of H-pyrrole nitrogens is 1. The highest BCUT2D eigenvalue weighted by Gasteiger charge is 2.22. The molecule has 0 aliphatic rings. The van der Waals surface area contributed by atoms with Gasteiger partial charge in [-0.15, -0.1) is 0 Å². The lowest BCUT2D eigenvalue weighted by Gasteiger charge is -2.11. The number of aryl methyl sites for hydroxylation is 2. The molecule has 0 aliphatic heterocycles. The quantitative estimate of drug-likeness (QED) is 0.183. The number of halogens is 3. The number of aromatic nitrogens is 5. The zero-order valence-corrected chi connectivity index (χ0v) is 24.3. The number of carbonyl (C=O) groups excluding carboxylic acids is 1. The van der Waals surface area contributed by atoms with Gasteiger partial charge in [0.2, 0.25) is 17.4 Å². The van der Waals surface area contributed by atoms with E-state index in [0.717, 1.165) is 30.6 Å². The van der Waals surface area contributed by atoms with Gasteiger partial charge in [-0.3, -0.25) is 14.5 Å². The minimum absolute atomic E-state index is 0.00528. The van der Waals surface area contributed by atoms with Gasteiger partial charge in [-0.25, -0.2) is 31.3 Å². The third-order valence-electron chi connectivity index (χ3n) is 6.91. The van der Waals surface area contributed by atoms with Crippen LogP contribution in [0.2, 0.25) is 0 Å². The van der Waals surface area contributed by atoms with Crippen molar-refractivity contribution in [3.05, 3.63) is 113 Å². The van der Waals surface area contributed by atoms with E-state index in [9.17, 15) is 26.4 Å². The number of nitrogen functional groups attached to an aromatic ring is 1. The molecule has 11 nitrogen and oxygen atoms in total. The number of rotatable bonds is 8. The predicted octanol–water partition coefficient (Wildman–Crippen LogP) is 5.58. The SMILES string of the molecule is Cc1cc2cc(C(=O)c3cnn(-c4cnc(Oc5c(F)cccc5F)cc4C)c3N)[nH]c2cc1NS(=O)(=O)c1cncc(F)c1. The molecular weight excluding hydrogens is 611 g/mol. The van der Waals surface area contributed by atoms with Gasteiger partial charge in [0.05, 0.1) is 41.2 Å². The second-order valence-corrected chi connectivity index (χ2v) is 11.7. The second-order valence-electron chi connectivity index (χ2n) is 10.0. The van der Waals surface area contributed by atoms with Crippen molar-refractivity contribution >= 4 is 38.2 Å². The zero-order valence-electron chi connectivity index (χ0n) is 23.5. The average molecular weight is 634 g/mol. The number of fused-ring (bicyclic) bond motifs is 1. The number of aromatic amines is 1. The Bertz CT molecular complexity index is 2230. The zero-order chi connectivity index (χ0) is 32.0. The molecule has 0 saturated carbocycles. The van der Waals surface area contributed by atoms with Crippen LogP contribution < -0.4 is 15.2 Å². The standard InChI is InChI=1S/C30H22F3N7O4S/c1-15-6-17-8-25(38-24(17)10-23(15)39-45(42,43)19-9-18(31)11-35-12-19)28(41)20-13-37-40(30(20)34)26-14-36-27(7-16(26)2)44-29-21(32)4-3-5-22(29)33/h3-14,38-39H,34H2,1-2H3. The summed E-state index contributed by atoms with van der Waals surface area (Å²) >= 11 is 0. The van der Waals surface area contributed by atoms with Gasteiger partial charge in [0.15, 0.2) is 11.6 Å². The minimum Gasteiger partial charge on any atom is -0.433 e. The monoisotopic (exact) mass is 633 g/mol. The summed E-state index contributed by atoms with van der Waals surface area (Å²) in [6, 6.07) is 10.4. The number of benzene rings is 2. The van der Waals surface area contributed by atoms with Crippen molar-refractivity contribution < 1.29 is 31.1 Å². The molecule has 4 aromatic heterocycles. The van der Waals surface area contributed by atoms with Crippen molar-refractivity contribution in [3.63, 3.8) is 0 Å². The largest absolute Gasteiger partial charge is 0.433 e. The highest BCUT2D eigenvalue weighted by atomic mass is 32.2. The molecule has 0 bridgehead atoms. The fourth-order valence-electron chi connectivity index (χ4n) is 4.62. The van der Waals surface area contributed by atoms with Gasteiger partial charge in [-0.05, 0) is 61.4 Å². The van der Waals surface area contributed by atoms with Crippen LogP contribution in [0.15, 0.2) is 78.2 Å². The van der Waals surface area contributed by atoms with E-state index < -0.39 is 39.0 Å². The number of sulfonamides is 1. The molecule has 4 heterocycles. The molecule has 4 N–H and O–H groups in total. The molecule has 0 saturated heterocycles. The summed E-state index contributed by atoms with van der Waals surface area (Å²) in [4.78, 5) is 23.8. The first-order chi connectivity index (χ1) is 21.4. The summed E-state index contributed by atoms with van der Waals surface area (Å²) in [6.07, 6.45) is 4.56. The van der Waals surface area contributed by atoms with E-state index in [-0.39, 0.29) is 33.5 Å². The molecule has 0 unspecified atom stereocenters. The number of anilines is 2. The van der Waals surface area contributed by atoms with Crippen LogP contribution >= 0.6 is 0 Å². The number of pyridine rings is 2. The van der Waals surface area contributed by atoms with E-state index in [4.69, 9.17) is 10.5 Å². The number of hydrogen-bond acceptors (Lipinski definition) is 8. The third kappa shape index (κ3) is 5.56. The molecule has 228 valence electrons. The van der Waals surface area contributed by atoms with Crippen molar-refractivity contribution in [2.75, 3.05) is 10.5 Å². The van der Waals surface area contributed by atoms with Crippen molar-refractivity contribution in [3.8, 4) is 17.3 Å². The highest BCUT2D eigenvalue weighted by Crippen LogP contribution is 2.30. The third-order valence-corrected chi connectivity index (χ3v) is 8.24. The first-order valence-corrected chi connectivity index (χ1v) is 14.6. The molecule has 0 spiro atoms. The van der Waals surface area contributed by atoms with Crippen LogP contribution in [0.5, 0.6) is 11.6 Å². The fraction of sp³-hybridized carbons (Fsp3) is 0.0667. The molecule has 0 amide bonds. The van der Waals surface area contributed by atoms with E-state index in [0.29, 0.717) is 27.7 Å². The molecule has 0 atom stereocenters. The van der Waals surface area contributed by atoms with Gasteiger partial charge >= 0.3 is 0 Å². The van der Waals surface area contributed by atoms with Crippen LogP contribution in [0, 0.1) is 31.3 Å². The summed E-state index contributed by atoms with van der Waals surface area (Å²) in [5, 5.41) is 4.86. The number of ketones is 1. The Hall–Kier alpha value is -5.70. The maximum Gasteiger partial charge on any atom is 0.263 e. The number of nitrogens with zero attached hydrogens (tertiary/aromatic N) is 4. The van der Waals surface area contributed by atoms with E-state index in [1.807, 2.05) is 0 Å². The van der Waals surface area contributed by atoms with Gasteiger partial charge in [0.25, 0.3) is 10.0 Å². The molecule has 6 rings (SSSR count). The number of hydrogen-bond donors (Lipinski definition) is 3. The Kier molecular flexibility index (Phi) is 7.24. The van der Waals surface area contributed by atoms with Crippen molar-refractivity contribution in [2.24, 2.45) is 0 Å². The predicted molar refractivity (Wildman–Crippen MR) is 158 cm³/mol. The molecule has 6 aromatic rings. The Morgan fingerprint density at radius 3 is 2.44 bits per heavy atom. The van der Waals surface area contributed by atoms with Crippen LogP contribution in [0.4, 0.5) is 24.7 Å². The molecule has 45 heavy (non-hydrogen) atoms. The Morgan fingerprint density at radius 2 is 1.73 bits per heavy atom. The van der Waals surface area contributed by atoms with Crippen LogP contribution in [0.3, 0.4) is 0 Å². The summed E-state index contributed by atoms with van der Waals surface area (Å²) < 4.78 is 76.2. The van der Waals surface area contributed by atoms with Gasteiger partial charge in [-0.1, -0.05) is 6.07 Å². The Labute approximate surface area is 253 Å². The minimum atomic E-state index is -4.14. The van der Waals surface area contributed by atoms with Gasteiger partial charge in [0, 0.05) is 23.2 Å². The lowest BCUT2D eigenvalue weighted by Crippen LogP contribution is -2.14. The maximum absolute atomic E-state index is 14.0. The number of nitrogens with two attached hydrogens (primary N) is 1. The number of ether oxygens (including phenoxy) is 1. The summed E-state index contributed by atoms with van der Waals surface area (Å²) in [7, 11) is -4.14. The van der Waals surface area contributed by atoms with Crippen LogP contribution in [-0.4, -0.2) is 38.9 Å². The molecule has 0 fully saturated rings. The first kappa shape index (κ1) is 29.4. The van der Waals surface area contributed by atoms with Crippen LogP contribution in [0.25, 0.3) is 16.6 Å². The van der Waals surface area contributed by atoms with Crippen molar-refractivity contribution in [1.29, 1.82) is 0 Å². The maximum atomic E-state index is 14.0. The van der Waals surface area contributed by atoms with Crippen LogP contribution in [0.1, 0.15) is 27.2 Å². The summed E-state index contributed by atoms with van der Waals surface area (Å²) in [5.74, 6) is -3.70. The lowest BCUT2D eigenvalue weighted by molar-refractivity contribution is 0.103. The van der Waals surface area contributed by atoms with Gasteiger partial charge in [-0.2, -0.15) is 5.10 Å². The Balaban J connectivity index is 1.26. The fourth-order valence-corrected chi connectivity index (χ4v) is 5.72. The van der Waals surface area contributed by atoms with Crippen molar-refractivity contribution in [1.82, 2.24) is 24.7 Å². The van der Waals surface area contributed by atoms with Gasteiger partial charge < -0.3 is 15.5 Å². The topological polar surface area (TPSA) is 158 Å². The average Bonchev–Trinajstić information content (AvgIpc) is 3.58. The molecule has 15 heteroatoms. The van der Waals surface area contributed by atoms with Gasteiger partial charge in [0.1, 0.15) is 16.5 Å². The van der Waals surface area contributed by atoms with E-state index >= 15 is 0 Å². The van der Waals surface area contributed by atoms with E-state index in [2.05, 4.69) is 24.8 Å². The second kappa shape index (κ2) is 11.1. The Morgan fingerprint density at radius 1 is 0.978 bits per heavy atom. The molecular formula is C30H22F3N7O4S. The lowest BCUT2D eigenvalue weighted by atomic mass is 10.1. The smallest absolute Gasteiger partial charge is 0.263 e. The number of carbonyl (C=O) groups is 1. The number of para-hydroxylation sites is 1. The van der Waals surface area contributed by atoms with Crippen molar-refractivity contribution in [2.45, 2.75) is 18.7 Å². The summed E-state index contributed by atoms with van der Waals surface area (Å²) in [6.45, 7) is 3.36. The van der Waals surface area contributed by atoms with E-state index in [1.54, 1.807) is 26.0 Å². The normalized spacial score (nSPS) is 11.6. The molecule has 0 radical (unpaired) electrons. The first-order valence-electron chi connectivity index (χ1n) is 13.1. The van der Waals surface area contributed by atoms with Crippen LogP contribution in [-0.2, 0) is 10.0 Å². The molecule has 2 aromatic carbocycles. The van der Waals surface area contributed by atoms with E-state index in [1.165, 1.54) is 35.3 Å². The highest BCUT2D eigenvalue weighted by molar-refractivity contribution is 7.92. The summed E-state index contributed by atoms with van der Waals surface area (Å²) in [5.41, 5.74) is 8.71. The molecule has 0 aliphatic carbocycles.